The van der Waals surface area contributed by atoms with Crippen LogP contribution in [0.4, 0.5) is 5.13 Å². The second kappa shape index (κ2) is 11.2. The van der Waals surface area contributed by atoms with Crippen molar-refractivity contribution >= 4 is 57.7 Å². The van der Waals surface area contributed by atoms with Gasteiger partial charge in [0, 0.05) is 34.9 Å². The molecule has 0 saturated carbocycles. The molecule has 15 heteroatoms. The van der Waals surface area contributed by atoms with E-state index in [1.807, 2.05) is 22.8 Å². The summed E-state index contributed by atoms with van der Waals surface area (Å²) >= 11 is 2.41. The fourth-order valence-electron chi connectivity index (χ4n) is 3.67. The Bertz CT molecular complexity index is 1320. The lowest BCUT2D eigenvalue weighted by molar-refractivity contribution is -0.689. The molecule has 2 amide bonds. The van der Waals surface area contributed by atoms with Gasteiger partial charge in [0.2, 0.25) is 0 Å². The first kappa shape index (κ1) is 25.8. The number of carbonyl (C=O) groups is 4. The number of thiazole rings is 1. The Kier molecular flexibility index (Phi) is 7.83. The van der Waals surface area contributed by atoms with Gasteiger partial charge >= 0.3 is 11.9 Å². The highest BCUT2D eigenvalue weighted by Crippen LogP contribution is 2.40. The van der Waals surface area contributed by atoms with Crippen LogP contribution in [0.25, 0.3) is 0 Å². The average Bonchev–Trinajstić information content (AvgIpc) is 3.30. The zero-order valence-corrected chi connectivity index (χ0v) is 20.6. The quantitative estimate of drug-likeness (QED) is 0.0778. The number of amides is 2. The van der Waals surface area contributed by atoms with Crippen molar-refractivity contribution < 1.29 is 38.8 Å². The van der Waals surface area contributed by atoms with Crippen molar-refractivity contribution in [3.63, 3.8) is 0 Å². The molecule has 37 heavy (non-hydrogen) atoms. The smallest absolute Gasteiger partial charge is 0.352 e. The van der Waals surface area contributed by atoms with E-state index < -0.39 is 35.2 Å². The molecule has 2 aromatic heterocycles. The minimum Gasteiger partial charge on any atom is -0.478 e. The predicted octanol–water partition coefficient (Wildman–Crippen LogP) is -0.187. The number of pyridine rings is 1. The Hall–Kier alpha value is -4.24. The molecule has 0 aliphatic carbocycles. The Morgan fingerprint density at radius 1 is 1.30 bits per heavy atom. The van der Waals surface area contributed by atoms with Crippen LogP contribution < -0.4 is 15.6 Å². The first-order valence-corrected chi connectivity index (χ1v) is 12.6. The number of nitrogens with two attached hydrogens (primary N) is 1. The molecule has 0 aromatic carbocycles. The molecule has 0 spiro atoms. The third kappa shape index (κ3) is 5.78. The van der Waals surface area contributed by atoms with Crippen molar-refractivity contribution in [2.24, 2.45) is 5.16 Å². The summed E-state index contributed by atoms with van der Waals surface area (Å²) in [5, 5.41) is 25.9. The maximum atomic E-state index is 13.0. The molecule has 5 N–H and O–H groups in total. The van der Waals surface area contributed by atoms with Crippen molar-refractivity contribution in [2.45, 2.75) is 18.0 Å². The molecular formula is C22H21N6O7S2+. The van der Waals surface area contributed by atoms with Gasteiger partial charge in [-0.1, -0.05) is 11.2 Å². The molecule has 4 rings (SSSR count). The number of β-lactam (4-membered cyclic amide) rings is 1. The molecule has 1 unspecified atom stereocenters. The van der Waals surface area contributed by atoms with Gasteiger partial charge in [0.05, 0.1) is 0 Å². The molecule has 2 aliphatic heterocycles. The summed E-state index contributed by atoms with van der Waals surface area (Å²) in [6.45, 7) is 0.0744. The number of thioether (sulfide) groups is 1. The summed E-state index contributed by atoms with van der Waals surface area (Å²) in [5.74, 6) is -3.39. The van der Waals surface area contributed by atoms with E-state index in [0.29, 0.717) is 17.9 Å². The topological polar surface area (TPSA) is 188 Å². The van der Waals surface area contributed by atoms with Crippen LogP contribution in [0.5, 0.6) is 0 Å². The van der Waals surface area contributed by atoms with Crippen molar-refractivity contribution in [1.82, 2.24) is 15.2 Å². The van der Waals surface area contributed by atoms with Crippen molar-refractivity contribution in [3.05, 3.63) is 65.1 Å². The first-order chi connectivity index (χ1) is 17.8. The fraction of sp³-hybridized carbons (Fsp3) is 0.227. The molecule has 0 bridgehead atoms. The Morgan fingerprint density at radius 2 is 2.05 bits per heavy atom. The number of nitrogens with zero attached hydrogens (tertiary/aromatic N) is 4. The highest BCUT2D eigenvalue weighted by Gasteiger charge is 2.54. The van der Waals surface area contributed by atoms with Gasteiger partial charge in [-0.2, -0.15) is 0 Å². The lowest BCUT2D eigenvalue weighted by Crippen LogP contribution is -2.71. The van der Waals surface area contributed by atoms with E-state index in [2.05, 4.69) is 15.5 Å². The van der Waals surface area contributed by atoms with E-state index in [1.54, 1.807) is 12.4 Å². The summed E-state index contributed by atoms with van der Waals surface area (Å²) < 4.78 is 1.82. The van der Waals surface area contributed by atoms with Gasteiger partial charge in [-0.25, -0.2) is 19.1 Å². The van der Waals surface area contributed by atoms with Gasteiger partial charge in [-0.05, 0) is 6.08 Å². The number of carboxylic acids is 2. The predicted molar refractivity (Wildman–Crippen MR) is 132 cm³/mol. The fourth-order valence-corrected chi connectivity index (χ4v) is 5.55. The van der Waals surface area contributed by atoms with Gasteiger partial charge in [-0.3, -0.25) is 14.5 Å². The summed E-state index contributed by atoms with van der Waals surface area (Å²) in [6, 6.07) is 4.49. The molecular weight excluding hydrogens is 524 g/mol. The maximum Gasteiger partial charge on any atom is 0.352 e. The van der Waals surface area contributed by atoms with E-state index >= 15 is 0 Å². The summed E-state index contributed by atoms with van der Waals surface area (Å²) in [5.41, 5.74) is 5.99. The Balaban J connectivity index is 1.50. The molecule has 1 saturated heterocycles. The largest absolute Gasteiger partial charge is 0.478 e. The number of rotatable bonds is 10. The normalized spacial score (nSPS) is 19.4. The minimum absolute atomic E-state index is 0.0923. The van der Waals surface area contributed by atoms with E-state index in [0.717, 1.165) is 17.4 Å². The minimum atomic E-state index is -1.22. The van der Waals surface area contributed by atoms with Crippen LogP contribution in [0.3, 0.4) is 0 Å². The Morgan fingerprint density at radius 3 is 2.70 bits per heavy atom. The van der Waals surface area contributed by atoms with Gasteiger partial charge < -0.3 is 26.1 Å². The number of nitrogens with one attached hydrogen (secondary N) is 1. The maximum absolute atomic E-state index is 13.0. The molecule has 2 aromatic rings. The van der Waals surface area contributed by atoms with Gasteiger partial charge in [0.15, 0.2) is 29.8 Å². The second-order valence-electron chi connectivity index (χ2n) is 7.71. The zero-order chi connectivity index (χ0) is 26.5. The van der Waals surface area contributed by atoms with Crippen LogP contribution >= 0.6 is 23.1 Å². The van der Waals surface area contributed by atoms with Crippen LogP contribution in [-0.2, 0) is 30.6 Å². The second-order valence-corrected chi connectivity index (χ2v) is 9.71. The standard InChI is InChI=1S/C22H20N6O7S2/c23-22-24-13(11-37-22)15(26-35-8-4-5-14(29)30)18(31)25-16-19(32)28-17(21(33)34)12(10-36-20(16)28)9-27-6-2-1-3-7-27/h1-7,11,16,20H,8-10H2,(H4-,23,24,25,29,30,31,33,34)/p+1/t16?,20-/m1/s1. The molecule has 0 radical (unpaired) electrons. The third-order valence-electron chi connectivity index (χ3n) is 5.25. The number of hydrogen-bond acceptors (Lipinski definition) is 10. The number of oxime groups is 1. The molecule has 2 aliphatic rings. The summed E-state index contributed by atoms with van der Waals surface area (Å²) in [7, 11) is 0. The van der Waals surface area contributed by atoms with E-state index in [9.17, 15) is 24.3 Å². The number of carboxylic acid groups (broad SMARTS) is 2. The SMILES string of the molecule is Nc1nc(C(=NOCC=CC(=O)O)C(=O)NC2C(=O)N3C(C(=O)O)=C(C[n+]4ccccc4)CS[C@H]23)cs1. The summed E-state index contributed by atoms with van der Waals surface area (Å²) in [6.07, 6.45) is 5.65. The van der Waals surface area contributed by atoms with Crippen LogP contribution in [-0.4, -0.2) is 73.3 Å². The summed E-state index contributed by atoms with van der Waals surface area (Å²) in [4.78, 5) is 58.9. The molecule has 1 fully saturated rings. The monoisotopic (exact) mass is 545 g/mol. The highest BCUT2D eigenvalue weighted by atomic mass is 32.2. The third-order valence-corrected chi connectivity index (χ3v) is 7.27. The zero-order valence-electron chi connectivity index (χ0n) is 19.0. The number of anilines is 1. The van der Waals surface area contributed by atoms with E-state index in [4.69, 9.17) is 15.7 Å². The lowest BCUT2D eigenvalue weighted by atomic mass is 10.0. The van der Waals surface area contributed by atoms with Crippen molar-refractivity contribution in [2.75, 3.05) is 18.1 Å². The van der Waals surface area contributed by atoms with Crippen LogP contribution in [0.1, 0.15) is 5.69 Å². The van der Waals surface area contributed by atoms with E-state index in [1.165, 1.54) is 28.1 Å². The molecule has 192 valence electrons. The molecule has 4 heterocycles. The van der Waals surface area contributed by atoms with Gasteiger partial charge in [-0.15, -0.1) is 23.1 Å². The van der Waals surface area contributed by atoms with E-state index in [-0.39, 0.29) is 28.8 Å². The number of nitrogen functional groups attached to an aromatic ring is 1. The lowest BCUT2D eigenvalue weighted by Gasteiger charge is -2.49. The molecule has 2 atom stereocenters. The number of carbonyl (C=O) groups excluding carboxylic acids is 2. The number of hydrogen-bond donors (Lipinski definition) is 4. The molecule has 13 nitrogen and oxygen atoms in total. The Labute approximate surface area is 217 Å². The van der Waals surface area contributed by atoms with Crippen LogP contribution in [0.2, 0.25) is 0 Å². The van der Waals surface area contributed by atoms with Crippen LogP contribution in [0.15, 0.2) is 64.6 Å². The highest BCUT2D eigenvalue weighted by molar-refractivity contribution is 8.00. The van der Waals surface area contributed by atoms with Gasteiger partial charge in [0.25, 0.3) is 11.8 Å². The first-order valence-electron chi connectivity index (χ1n) is 10.7. The number of aliphatic carboxylic acids is 2. The van der Waals surface area contributed by atoms with Crippen molar-refractivity contribution in [1.29, 1.82) is 0 Å². The van der Waals surface area contributed by atoms with Crippen molar-refractivity contribution in [3.8, 4) is 0 Å². The number of fused-ring (bicyclic) bond motifs is 1. The van der Waals surface area contributed by atoms with Gasteiger partial charge in [0.1, 0.15) is 29.4 Å². The average molecular weight is 546 g/mol. The number of aromatic nitrogens is 2. The van der Waals surface area contributed by atoms with Crippen LogP contribution in [0, 0.1) is 0 Å².